The van der Waals surface area contributed by atoms with Crippen molar-refractivity contribution < 1.29 is 43.7 Å². The van der Waals surface area contributed by atoms with E-state index in [4.69, 9.17) is 9.47 Å². The molecule has 3 saturated carbocycles. The number of ether oxygens (including phenoxy) is 2. The Hall–Kier alpha value is -3.53. The lowest BCUT2D eigenvalue weighted by atomic mass is 9.46. The molecule has 45 heavy (non-hydrogen) atoms. The number of fused-ring (bicyclic) bond motifs is 5. The van der Waals surface area contributed by atoms with E-state index in [-0.39, 0.29) is 36.4 Å². The largest absolute Gasteiger partial charge is 0.497 e. The average Bonchev–Trinajstić information content (AvgIpc) is 3.30. The van der Waals surface area contributed by atoms with E-state index in [0.29, 0.717) is 42.4 Å². The Morgan fingerprint density at radius 1 is 0.978 bits per heavy atom. The van der Waals surface area contributed by atoms with Crippen molar-refractivity contribution >= 4 is 29.4 Å². The number of rotatable bonds is 11. The van der Waals surface area contributed by atoms with Gasteiger partial charge in [0.1, 0.15) is 17.4 Å². The monoisotopic (exact) mass is 623 g/mol. The van der Waals surface area contributed by atoms with Crippen LogP contribution >= 0.6 is 0 Å². The van der Waals surface area contributed by atoms with Crippen LogP contribution in [0, 0.1) is 28.6 Å². The summed E-state index contributed by atoms with van der Waals surface area (Å²) < 4.78 is 10.3. The number of allylic oxidation sites excluding steroid dienone is 1. The molecule has 0 heterocycles. The number of carbonyl (C=O) groups excluding carboxylic acids is 4. The van der Waals surface area contributed by atoms with Crippen LogP contribution in [-0.2, 0) is 35.1 Å². The molecule has 1 amide bonds. The molecule has 0 aliphatic heterocycles. The Morgan fingerprint density at radius 3 is 2.38 bits per heavy atom. The van der Waals surface area contributed by atoms with Crippen LogP contribution in [0.15, 0.2) is 35.9 Å². The lowest BCUT2D eigenvalue weighted by Gasteiger charge is -2.58. The number of carbonyl (C=O) groups is 5. The van der Waals surface area contributed by atoms with Crippen LogP contribution in [0.2, 0.25) is 0 Å². The number of aliphatic hydroxyl groups is 1. The zero-order chi connectivity index (χ0) is 32.6. The molecule has 0 aromatic heterocycles. The smallest absolute Gasteiger partial charge is 0.326 e. The van der Waals surface area contributed by atoms with E-state index in [1.807, 2.05) is 13.0 Å². The molecule has 3 N–H and O–H groups in total. The second-order valence-corrected chi connectivity index (χ2v) is 13.9. The fourth-order valence-electron chi connectivity index (χ4n) is 9.05. The highest BCUT2D eigenvalue weighted by Crippen LogP contribution is 2.67. The van der Waals surface area contributed by atoms with E-state index < -0.39 is 47.3 Å². The molecule has 1 aromatic carbocycles. The van der Waals surface area contributed by atoms with Crippen molar-refractivity contribution in [2.24, 2.45) is 28.6 Å². The number of benzene rings is 1. The molecular formula is C35H45NO9. The molecule has 0 bridgehead atoms. The second kappa shape index (κ2) is 12.7. The third kappa shape index (κ3) is 6.18. The molecule has 7 atom stereocenters. The van der Waals surface area contributed by atoms with E-state index in [1.165, 1.54) is 12.7 Å². The van der Waals surface area contributed by atoms with E-state index in [2.05, 4.69) is 12.2 Å². The van der Waals surface area contributed by atoms with Gasteiger partial charge < -0.3 is 25.0 Å². The van der Waals surface area contributed by atoms with Gasteiger partial charge in [0, 0.05) is 24.7 Å². The Kier molecular flexibility index (Phi) is 9.27. The van der Waals surface area contributed by atoms with Crippen LogP contribution in [0.4, 0.5) is 0 Å². The molecular weight excluding hydrogens is 578 g/mol. The summed E-state index contributed by atoms with van der Waals surface area (Å²) in [7, 11) is 1.53. The van der Waals surface area contributed by atoms with Crippen LogP contribution in [0.1, 0.15) is 83.6 Å². The zero-order valence-corrected chi connectivity index (χ0v) is 26.4. The van der Waals surface area contributed by atoms with Gasteiger partial charge in [-0.05, 0) is 91.9 Å². The first kappa shape index (κ1) is 32.9. The number of ketones is 2. The maximum atomic E-state index is 13.5. The zero-order valence-electron chi connectivity index (χ0n) is 26.4. The van der Waals surface area contributed by atoms with E-state index in [1.54, 1.807) is 24.3 Å². The molecule has 244 valence electrons. The standard InChI is InChI=1S/C35H45NO9/c1-33-15-12-23(37)19-22(33)6-9-25-26(33)13-16-34(2)27(25)14-17-35(34,43)29(38)20-45-31(40)11-10-30(39)36-28(32(41)42)18-21-4-7-24(44-3)8-5-21/h4-5,7-8,19,25-28,43H,6,9-18,20H2,1-3H3,(H,36,39)(H,41,42)/t25-,26-,27+,28-,33-,34-,35-/m0/s1. The lowest BCUT2D eigenvalue weighted by molar-refractivity contribution is -0.170. The molecule has 0 saturated heterocycles. The highest BCUT2D eigenvalue weighted by atomic mass is 16.5. The van der Waals surface area contributed by atoms with Crippen LogP contribution in [0.5, 0.6) is 5.75 Å². The molecule has 10 heteroatoms. The first-order chi connectivity index (χ1) is 21.3. The van der Waals surface area contributed by atoms with Crippen LogP contribution < -0.4 is 10.1 Å². The third-order valence-electron chi connectivity index (χ3n) is 11.7. The van der Waals surface area contributed by atoms with Gasteiger partial charge in [0.25, 0.3) is 0 Å². The molecule has 4 aliphatic carbocycles. The maximum Gasteiger partial charge on any atom is 0.326 e. The van der Waals surface area contributed by atoms with Gasteiger partial charge in [0.15, 0.2) is 12.4 Å². The molecule has 10 nitrogen and oxygen atoms in total. The predicted octanol–water partition coefficient (Wildman–Crippen LogP) is 3.96. The summed E-state index contributed by atoms with van der Waals surface area (Å²) in [4.78, 5) is 62.3. The topological polar surface area (TPSA) is 156 Å². The number of hydrogen-bond donors (Lipinski definition) is 3. The number of esters is 1. The second-order valence-electron chi connectivity index (χ2n) is 13.9. The summed E-state index contributed by atoms with van der Waals surface area (Å²) >= 11 is 0. The van der Waals surface area contributed by atoms with Gasteiger partial charge in [0.2, 0.25) is 11.7 Å². The van der Waals surface area contributed by atoms with Crippen molar-refractivity contribution in [3.8, 4) is 5.75 Å². The predicted molar refractivity (Wildman–Crippen MR) is 163 cm³/mol. The molecule has 4 aliphatic rings. The van der Waals surface area contributed by atoms with Crippen LogP contribution in [-0.4, -0.2) is 65.0 Å². The van der Waals surface area contributed by atoms with Crippen LogP contribution in [0.25, 0.3) is 0 Å². The minimum Gasteiger partial charge on any atom is -0.497 e. The Morgan fingerprint density at radius 2 is 1.69 bits per heavy atom. The summed E-state index contributed by atoms with van der Waals surface area (Å²) in [5.74, 6) is -1.31. The minimum absolute atomic E-state index is 0.00907. The van der Waals surface area contributed by atoms with E-state index in [0.717, 1.165) is 32.1 Å². The van der Waals surface area contributed by atoms with Crippen molar-refractivity contribution in [1.82, 2.24) is 5.32 Å². The van der Waals surface area contributed by atoms with Gasteiger partial charge in [-0.1, -0.05) is 31.6 Å². The molecule has 5 rings (SSSR count). The van der Waals surface area contributed by atoms with E-state index in [9.17, 15) is 34.2 Å². The summed E-state index contributed by atoms with van der Waals surface area (Å²) in [5, 5.41) is 23.9. The summed E-state index contributed by atoms with van der Waals surface area (Å²) in [6.45, 7) is 3.72. The highest BCUT2D eigenvalue weighted by Gasteiger charge is 2.66. The normalized spacial score (nSPS) is 32.7. The van der Waals surface area contributed by atoms with Crippen molar-refractivity contribution in [3.63, 3.8) is 0 Å². The van der Waals surface area contributed by atoms with E-state index >= 15 is 0 Å². The molecule has 0 radical (unpaired) electrons. The fourth-order valence-corrected chi connectivity index (χ4v) is 9.05. The number of carboxylic acids is 1. The quantitative estimate of drug-likeness (QED) is 0.311. The number of Topliss-reactive ketones (excluding diaryl/α,β-unsaturated/α-hetero) is 1. The number of carboxylic acid groups (broad SMARTS) is 1. The SMILES string of the molecule is COc1ccc(C[C@H](NC(=O)CCC(=O)OCC(=O)[C@@]2(O)CC[C@@H]3[C@H]4CCC5=CC(=O)CC[C@]5(C)[C@H]4CC[C@@]32C)C(=O)O)cc1. The Bertz CT molecular complexity index is 1390. The first-order valence-electron chi connectivity index (χ1n) is 16.1. The number of methoxy groups -OCH3 is 1. The van der Waals surface area contributed by atoms with Gasteiger partial charge >= 0.3 is 11.9 Å². The molecule has 3 fully saturated rings. The summed E-state index contributed by atoms with van der Waals surface area (Å²) in [6.07, 6.45) is 7.17. The van der Waals surface area contributed by atoms with Crippen molar-refractivity contribution in [3.05, 3.63) is 41.5 Å². The summed E-state index contributed by atoms with van der Waals surface area (Å²) in [6, 6.07) is 5.64. The Labute approximate surface area is 263 Å². The lowest BCUT2D eigenvalue weighted by Crippen LogP contribution is -2.58. The average molecular weight is 624 g/mol. The van der Waals surface area contributed by atoms with Crippen molar-refractivity contribution in [1.29, 1.82) is 0 Å². The first-order valence-corrected chi connectivity index (χ1v) is 16.1. The van der Waals surface area contributed by atoms with Gasteiger partial charge in [-0.15, -0.1) is 0 Å². The number of aliphatic carboxylic acids is 1. The van der Waals surface area contributed by atoms with Crippen molar-refractivity contribution in [2.75, 3.05) is 13.7 Å². The third-order valence-corrected chi connectivity index (χ3v) is 11.7. The molecule has 0 spiro atoms. The van der Waals surface area contributed by atoms with Crippen LogP contribution in [0.3, 0.4) is 0 Å². The number of nitrogens with one attached hydrogen (secondary N) is 1. The molecule has 1 aromatic rings. The van der Waals surface area contributed by atoms with Crippen molar-refractivity contribution in [2.45, 2.75) is 96.1 Å². The maximum absolute atomic E-state index is 13.5. The number of hydrogen-bond acceptors (Lipinski definition) is 8. The fraction of sp³-hybridized carbons (Fsp3) is 0.629. The number of amides is 1. The van der Waals surface area contributed by atoms with Gasteiger partial charge in [0.05, 0.1) is 13.5 Å². The highest BCUT2D eigenvalue weighted by molar-refractivity contribution is 5.92. The van der Waals surface area contributed by atoms with Gasteiger partial charge in [-0.25, -0.2) is 4.79 Å². The summed E-state index contributed by atoms with van der Waals surface area (Å²) in [5.41, 5.74) is -0.277. The molecule has 0 unspecified atom stereocenters. The Balaban J connectivity index is 1.12. The van der Waals surface area contributed by atoms with Gasteiger partial charge in [-0.3, -0.25) is 19.2 Å². The van der Waals surface area contributed by atoms with Gasteiger partial charge in [-0.2, -0.15) is 0 Å². The minimum atomic E-state index is -1.60.